The van der Waals surface area contributed by atoms with Crippen LogP contribution < -0.4 is 5.73 Å². The van der Waals surface area contributed by atoms with Gasteiger partial charge in [-0.1, -0.05) is 35.3 Å². The summed E-state index contributed by atoms with van der Waals surface area (Å²) >= 11 is 11.7. The second kappa shape index (κ2) is 8.57. The number of halogens is 2. The summed E-state index contributed by atoms with van der Waals surface area (Å²) in [5.41, 5.74) is 6.66. The molecule has 6 nitrogen and oxygen atoms in total. The predicted molar refractivity (Wildman–Crippen MR) is 89.0 cm³/mol. The van der Waals surface area contributed by atoms with Crippen LogP contribution in [0.2, 0.25) is 10.2 Å². The van der Waals surface area contributed by atoms with Gasteiger partial charge in [-0.05, 0) is 24.1 Å². The molecule has 0 saturated carbocycles. The standard InChI is InChI=1S/C15H14Cl2N4O2/c16-11-3-1-2-10(8-11)4-7-23-9-12(18)21-15(22)13-14(17)20-6-5-19-13/h1-3,5-6,8H,4,7,9H2,(H2,18,21,22). The number of amidine groups is 1. The minimum atomic E-state index is -0.654. The van der Waals surface area contributed by atoms with Gasteiger partial charge in [-0.2, -0.15) is 4.99 Å². The molecular formula is C15H14Cl2N4O2. The summed E-state index contributed by atoms with van der Waals surface area (Å²) in [6.45, 7) is 0.459. The van der Waals surface area contributed by atoms with Crippen molar-refractivity contribution in [1.29, 1.82) is 0 Å². The molecule has 2 N–H and O–H groups in total. The Balaban J connectivity index is 1.81. The number of hydrogen-bond donors (Lipinski definition) is 1. The van der Waals surface area contributed by atoms with E-state index in [1.54, 1.807) is 6.07 Å². The second-order valence-corrected chi connectivity index (χ2v) is 5.33. The molecule has 23 heavy (non-hydrogen) atoms. The first-order valence-corrected chi connectivity index (χ1v) is 7.48. The summed E-state index contributed by atoms with van der Waals surface area (Å²) in [5, 5.41) is 0.658. The lowest BCUT2D eigenvalue weighted by Gasteiger charge is -2.04. The van der Waals surface area contributed by atoms with Crippen LogP contribution in [-0.2, 0) is 11.2 Å². The lowest BCUT2D eigenvalue weighted by molar-refractivity contribution is 0.0995. The highest BCUT2D eigenvalue weighted by Gasteiger charge is 2.12. The fourth-order valence-electron chi connectivity index (χ4n) is 1.74. The SMILES string of the molecule is NC(COCCc1cccc(Cl)c1)=NC(=O)c1nccnc1Cl. The van der Waals surface area contributed by atoms with Crippen LogP contribution >= 0.6 is 23.2 Å². The maximum absolute atomic E-state index is 11.8. The molecule has 0 spiro atoms. The van der Waals surface area contributed by atoms with E-state index in [0.717, 1.165) is 5.56 Å². The average Bonchev–Trinajstić information content (AvgIpc) is 2.52. The summed E-state index contributed by atoms with van der Waals surface area (Å²) in [5.74, 6) is -0.609. The van der Waals surface area contributed by atoms with Crippen molar-refractivity contribution in [3.63, 3.8) is 0 Å². The Morgan fingerprint density at radius 1 is 1.26 bits per heavy atom. The van der Waals surface area contributed by atoms with Gasteiger partial charge in [0.15, 0.2) is 10.8 Å². The molecule has 0 aliphatic rings. The van der Waals surface area contributed by atoms with Crippen molar-refractivity contribution >= 4 is 34.9 Å². The molecule has 1 aromatic carbocycles. The van der Waals surface area contributed by atoms with Crippen LogP contribution in [0.4, 0.5) is 0 Å². The Labute approximate surface area is 143 Å². The highest BCUT2D eigenvalue weighted by atomic mass is 35.5. The van der Waals surface area contributed by atoms with Gasteiger partial charge in [-0.25, -0.2) is 9.97 Å². The number of carbonyl (C=O) groups is 1. The van der Waals surface area contributed by atoms with E-state index in [1.807, 2.05) is 18.2 Å². The zero-order valence-electron chi connectivity index (χ0n) is 12.1. The lowest BCUT2D eigenvalue weighted by atomic mass is 10.2. The fourth-order valence-corrected chi connectivity index (χ4v) is 2.14. The van der Waals surface area contributed by atoms with E-state index < -0.39 is 5.91 Å². The van der Waals surface area contributed by atoms with Gasteiger partial charge in [-0.3, -0.25) is 4.79 Å². The van der Waals surface area contributed by atoms with Gasteiger partial charge < -0.3 is 10.5 Å². The molecule has 2 rings (SSSR count). The number of aliphatic imine (C=N–C) groups is 1. The number of aromatic nitrogens is 2. The molecule has 1 aromatic heterocycles. The predicted octanol–water partition coefficient (Wildman–Crippen LogP) is 2.54. The number of carbonyl (C=O) groups excluding carboxylic acids is 1. The van der Waals surface area contributed by atoms with Crippen molar-refractivity contribution in [3.05, 3.63) is 58.1 Å². The van der Waals surface area contributed by atoms with Crippen molar-refractivity contribution in [2.45, 2.75) is 6.42 Å². The van der Waals surface area contributed by atoms with Crippen molar-refractivity contribution in [3.8, 4) is 0 Å². The maximum atomic E-state index is 11.8. The first-order chi connectivity index (χ1) is 11.1. The van der Waals surface area contributed by atoms with Gasteiger partial charge in [0.05, 0.1) is 6.61 Å². The van der Waals surface area contributed by atoms with E-state index in [1.165, 1.54) is 12.4 Å². The number of benzene rings is 1. The molecule has 2 aromatic rings. The first-order valence-electron chi connectivity index (χ1n) is 6.72. The Morgan fingerprint density at radius 3 is 2.78 bits per heavy atom. The number of hydrogen-bond acceptors (Lipinski definition) is 4. The Morgan fingerprint density at radius 2 is 2.04 bits per heavy atom. The van der Waals surface area contributed by atoms with Crippen molar-refractivity contribution in [2.24, 2.45) is 10.7 Å². The molecule has 0 fully saturated rings. The summed E-state index contributed by atoms with van der Waals surface area (Å²) in [7, 11) is 0. The van der Waals surface area contributed by atoms with E-state index in [4.69, 9.17) is 33.7 Å². The number of ether oxygens (including phenoxy) is 1. The third-order valence-corrected chi connectivity index (χ3v) is 3.29. The van der Waals surface area contributed by atoms with Crippen LogP contribution in [0.5, 0.6) is 0 Å². The summed E-state index contributed by atoms with van der Waals surface area (Å²) in [6, 6.07) is 7.49. The normalized spacial score (nSPS) is 11.5. The summed E-state index contributed by atoms with van der Waals surface area (Å²) in [4.78, 5) is 23.1. The second-order valence-electron chi connectivity index (χ2n) is 4.54. The van der Waals surface area contributed by atoms with Gasteiger partial charge in [0.25, 0.3) is 0 Å². The number of rotatable bonds is 6. The van der Waals surface area contributed by atoms with Gasteiger partial charge in [-0.15, -0.1) is 0 Å². The summed E-state index contributed by atoms with van der Waals surface area (Å²) in [6.07, 6.45) is 3.41. The minimum Gasteiger partial charge on any atom is -0.385 e. The minimum absolute atomic E-state index is 0.0177. The third kappa shape index (κ3) is 5.59. The number of amides is 1. The molecule has 120 valence electrons. The van der Waals surface area contributed by atoms with Crippen molar-refractivity contribution < 1.29 is 9.53 Å². The van der Waals surface area contributed by atoms with Gasteiger partial charge >= 0.3 is 5.91 Å². The van der Waals surface area contributed by atoms with E-state index in [9.17, 15) is 4.79 Å². The zero-order chi connectivity index (χ0) is 16.7. The fraction of sp³-hybridized carbons (Fsp3) is 0.200. The van der Waals surface area contributed by atoms with Crippen LogP contribution in [0.25, 0.3) is 0 Å². The van der Waals surface area contributed by atoms with Crippen LogP contribution in [0.3, 0.4) is 0 Å². The highest BCUT2D eigenvalue weighted by molar-refractivity contribution is 6.32. The highest BCUT2D eigenvalue weighted by Crippen LogP contribution is 2.11. The Hall–Kier alpha value is -2.02. The monoisotopic (exact) mass is 352 g/mol. The Kier molecular flexibility index (Phi) is 6.46. The van der Waals surface area contributed by atoms with Gasteiger partial charge in [0, 0.05) is 17.4 Å². The molecular weight excluding hydrogens is 339 g/mol. The lowest BCUT2D eigenvalue weighted by Crippen LogP contribution is -2.22. The first kappa shape index (κ1) is 17.3. The molecule has 8 heteroatoms. The number of nitrogens with two attached hydrogens (primary N) is 1. The van der Waals surface area contributed by atoms with Crippen molar-refractivity contribution in [1.82, 2.24) is 9.97 Å². The molecule has 1 amide bonds. The van der Waals surface area contributed by atoms with E-state index >= 15 is 0 Å². The topological polar surface area (TPSA) is 90.5 Å². The summed E-state index contributed by atoms with van der Waals surface area (Å²) < 4.78 is 5.39. The molecule has 1 heterocycles. The van der Waals surface area contributed by atoms with Gasteiger partial charge in [0.2, 0.25) is 0 Å². The van der Waals surface area contributed by atoms with E-state index in [2.05, 4.69) is 15.0 Å². The average molecular weight is 353 g/mol. The molecule has 0 radical (unpaired) electrons. The van der Waals surface area contributed by atoms with Gasteiger partial charge in [0.1, 0.15) is 12.4 Å². The molecule has 0 unspecified atom stereocenters. The van der Waals surface area contributed by atoms with E-state index in [-0.39, 0.29) is 23.3 Å². The largest absolute Gasteiger partial charge is 0.385 e. The van der Waals surface area contributed by atoms with E-state index in [0.29, 0.717) is 18.1 Å². The maximum Gasteiger partial charge on any atom is 0.300 e. The molecule has 0 saturated heterocycles. The molecule has 0 aliphatic heterocycles. The molecule has 0 atom stereocenters. The van der Waals surface area contributed by atoms with Crippen LogP contribution in [0.1, 0.15) is 16.1 Å². The quantitative estimate of drug-likeness (QED) is 0.490. The zero-order valence-corrected chi connectivity index (χ0v) is 13.6. The smallest absolute Gasteiger partial charge is 0.300 e. The number of nitrogens with zero attached hydrogens (tertiary/aromatic N) is 3. The van der Waals surface area contributed by atoms with Crippen LogP contribution in [0.15, 0.2) is 41.7 Å². The molecule has 0 bridgehead atoms. The Bertz CT molecular complexity index is 722. The van der Waals surface area contributed by atoms with Crippen molar-refractivity contribution in [2.75, 3.05) is 13.2 Å². The third-order valence-electron chi connectivity index (χ3n) is 2.78. The molecule has 0 aliphatic carbocycles. The van der Waals surface area contributed by atoms with Crippen LogP contribution in [0, 0.1) is 0 Å². The van der Waals surface area contributed by atoms with Crippen LogP contribution in [-0.4, -0.2) is 34.9 Å².